The molecular formula is C21H26N2O3S. The molecule has 0 bridgehead atoms. The van der Waals surface area contributed by atoms with Gasteiger partial charge in [0.1, 0.15) is 0 Å². The van der Waals surface area contributed by atoms with Gasteiger partial charge in [-0.2, -0.15) is 0 Å². The van der Waals surface area contributed by atoms with Crippen molar-refractivity contribution in [3.8, 4) is 0 Å². The van der Waals surface area contributed by atoms with Crippen LogP contribution >= 0.6 is 0 Å². The molecule has 27 heavy (non-hydrogen) atoms. The van der Waals surface area contributed by atoms with E-state index >= 15 is 0 Å². The highest BCUT2D eigenvalue weighted by atomic mass is 32.2. The number of amides is 1. The molecule has 6 heteroatoms. The third kappa shape index (κ3) is 4.33. The Hall–Kier alpha value is -2.34. The van der Waals surface area contributed by atoms with E-state index in [2.05, 4.69) is 11.6 Å². The monoisotopic (exact) mass is 386 g/mol. The van der Waals surface area contributed by atoms with E-state index in [9.17, 15) is 13.2 Å². The van der Waals surface area contributed by atoms with Gasteiger partial charge < -0.3 is 4.90 Å². The summed E-state index contributed by atoms with van der Waals surface area (Å²) < 4.78 is 27.7. The number of carbonyl (C=O) groups excluding carboxylic acids is 1. The molecule has 1 aliphatic carbocycles. The van der Waals surface area contributed by atoms with E-state index in [1.54, 1.807) is 47.4 Å². The van der Waals surface area contributed by atoms with Crippen molar-refractivity contribution < 1.29 is 13.2 Å². The Kier molecular flexibility index (Phi) is 5.29. The van der Waals surface area contributed by atoms with E-state index in [0.29, 0.717) is 17.2 Å². The molecule has 1 aliphatic rings. The Morgan fingerprint density at radius 3 is 2.26 bits per heavy atom. The molecule has 0 radical (unpaired) electrons. The summed E-state index contributed by atoms with van der Waals surface area (Å²) in [6.45, 7) is 5.89. The van der Waals surface area contributed by atoms with Gasteiger partial charge in [-0.3, -0.25) is 9.52 Å². The molecule has 0 spiro atoms. The molecule has 1 saturated carbocycles. The topological polar surface area (TPSA) is 66.5 Å². The molecule has 144 valence electrons. The summed E-state index contributed by atoms with van der Waals surface area (Å²) in [5, 5.41) is 0. The fourth-order valence-corrected chi connectivity index (χ4v) is 4.20. The van der Waals surface area contributed by atoms with Crippen LogP contribution in [0.15, 0.2) is 47.4 Å². The zero-order chi connectivity index (χ0) is 19.8. The van der Waals surface area contributed by atoms with Gasteiger partial charge in [-0.05, 0) is 87.1 Å². The Labute approximate surface area is 161 Å². The number of nitrogens with one attached hydrogen (secondary N) is 1. The molecule has 1 fully saturated rings. The van der Waals surface area contributed by atoms with E-state index in [1.807, 2.05) is 20.9 Å². The second kappa shape index (κ2) is 7.35. The van der Waals surface area contributed by atoms with Crippen LogP contribution in [0.3, 0.4) is 0 Å². The molecule has 2 aromatic carbocycles. The van der Waals surface area contributed by atoms with Crippen LogP contribution < -0.4 is 4.72 Å². The quantitative estimate of drug-likeness (QED) is 0.817. The van der Waals surface area contributed by atoms with Crippen LogP contribution in [-0.2, 0) is 10.0 Å². The van der Waals surface area contributed by atoms with E-state index in [0.717, 1.165) is 11.1 Å². The molecule has 0 heterocycles. The molecule has 0 aliphatic heterocycles. The summed E-state index contributed by atoms with van der Waals surface area (Å²) in [6, 6.07) is 11.8. The molecule has 0 saturated heterocycles. The van der Waals surface area contributed by atoms with Crippen LogP contribution in [0.4, 0.5) is 5.69 Å². The van der Waals surface area contributed by atoms with Crippen molar-refractivity contribution >= 4 is 21.6 Å². The fraction of sp³-hybridized carbons (Fsp3) is 0.381. The number of nitrogens with zero attached hydrogens (tertiary/aromatic N) is 1. The van der Waals surface area contributed by atoms with Gasteiger partial charge in [-0.25, -0.2) is 8.42 Å². The molecule has 1 amide bonds. The molecule has 0 aromatic heterocycles. The summed E-state index contributed by atoms with van der Waals surface area (Å²) in [5.74, 6) is 0.556. The Morgan fingerprint density at radius 2 is 1.70 bits per heavy atom. The van der Waals surface area contributed by atoms with E-state index in [1.165, 1.54) is 12.8 Å². The van der Waals surface area contributed by atoms with Crippen molar-refractivity contribution in [3.05, 3.63) is 59.2 Å². The van der Waals surface area contributed by atoms with E-state index < -0.39 is 10.0 Å². The number of benzene rings is 2. The maximum atomic E-state index is 12.6. The normalized spacial score (nSPS) is 15.3. The third-order valence-electron chi connectivity index (χ3n) is 5.41. The van der Waals surface area contributed by atoms with E-state index in [-0.39, 0.29) is 16.8 Å². The highest BCUT2D eigenvalue weighted by molar-refractivity contribution is 7.92. The van der Waals surface area contributed by atoms with Crippen molar-refractivity contribution in [1.29, 1.82) is 0 Å². The fourth-order valence-electron chi connectivity index (χ4n) is 3.06. The Bertz CT molecular complexity index is 948. The molecule has 3 rings (SSSR count). The lowest BCUT2D eigenvalue weighted by Crippen LogP contribution is -2.36. The molecule has 2 aromatic rings. The van der Waals surface area contributed by atoms with Crippen LogP contribution in [-0.4, -0.2) is 32.3 Å². The number of carbonyl (C=O) groups is 1. The van der Waals surface area contributed by atoms with Crippen LogP contribution in [0.5, 0.6) is 0 Å². The minimum Gasteiger partial charge on any atom is -0.339 e. The standard InChI is InChI=1S/C21H26N2O3S/c1-14-5-12-20(13-15(14)2)27(25,26)22-19-10-8-18(9-11-19)21(24)23(4)16(3)17-6-7-17/h5,8-13,16-17,22H,6-7H2,1-4H3. The molecular weight excluding hydrogens is 360 g/mol. The first-order chi connectivity index (χ1) is 12.7. The van der Waals surface area contributed by atoms with Gasteiger partial charge in [0, 0.05) is 24.3 Å². The summed E-state index contributed by atoms with van der Waals surface area (Å²) in [6.07, 6.45) is 2.36. The van der Waals surface area contributed by atoms with Gasteiger partial charge in [0.2, 0.25) is 0 Å². The lowest BCUT2D eigenvalue weighted by Gasteiger charge is -2.25. The number of hydrogen-bond acceptors (Lipinski definition) is 3. The second-order valence-electron chi connectivity index (χ2n) is 7.42. The lowest BCUT2D eigenvalue weighted by atomic mass is 10.1. The zero-order valence-corrected chi connectivity index (χ0v) is 17.0. The van der Waals surface area contributed by atoms with Gasteiger partial charge in [0.15, 0.2) is 0 Å². The average Bonchev–Trinajstić information content (AvgIpc) is 3.47. The third-order valence-corrected chi connectivity index (χ3v) is 6.79. The number of aryl methyl sites for hydroxylation is 2. The minimum atomic E-state index is -3.66. The molecule has 1 atom stereocenters. The molecule has 1 N–H and O–H groups in total. The van der Waals surface area contributed by atoms with Crippen LogP contribution in [0.2, 0.25) is 0 Å². The highest BCUT2D eigenvalue weighted by Gasteiger charge is 2.32. The van der Waals surface area contributed by atoms with Crippen molar-refractivity contribution in [2.24, 2.45) is 5.92 Å². The first-order valence-corrected chi connectivity index (χ1v) is 10.6. The Balaban J connectivity index is 1.73. The number of hydrogen-bond donors (Lipinski definition) is 1. The van der Waals surface area contributed by atoms with Gasteiger partial charge in [-0.15, -0.1) is 0 Å². The van der Waals surface area contributed by atoms with E-state index in [4.69, 9.17) is 0 Å². The van der Waals surface area contributed by atoms with Crippen molar-refractivity contribution in [1.82, 2.24) is 4.90 Å². The maximum absolute atomic E-state index is 12.6. The van der Waals surface area contributed by atoms with Crippen molar-refractivity contribution in [3.63, 3.8) is 0 Å². The zero-order valence-electron chi connectivity index (χ0n) is 16.2. The van der Waals surface area contributed by atoms with Gasteiger partial charge in [-0.1, -0.05) is 6.07 Å². The summed E-state index contributed by atoms with van der Waals surface area (Å²) in [4.78, 5) is 14.6. The lowest BCUT2D eigenvalue weighted by molar-refractivity contribution is 0.0727. The average molecular weight is 387 g/mol. The number of sulfonamides is 1. The van der Waals surface area contributed by atoms with Crippen molar-refractivity contribution in [2.45, 2.75) is 44.6 Å². The van der Waals surface area contributed by atoms with Crippen LogP contribution in [0, 0.1) is 19.8 Å². The molecule has 1 unspecified atom stereocenters. The number of anilines is 1. The summed E-state index contributed by atoms with van der Waals surface area (Å²) >= 11 is 0. The van der Waals surface area contributed by atoms with Gasteiger partial charge in [0.05, 0.1) is 4.90 Å². The smallest absolute Gasteiger partial charge is 0.261 e. The predicted molar refractivity (Wildman–Crippen MR) is 107 cm³/mol. The number of rotatable bonds is 6. The minimum absolute atomic E-state index is 0.0435. The predicted octanol–water partition coefficient (Wildman–Crippen LogP) is 3.97. The first kappa shape index (κ1) is 19.4. The summed E-state index contributed by atoms with van der Waals surface area (Å²) in [5.41, 5.74) is 2.95. The van der Waals surface area contributed by atoms with Gasteiger partial charge >= 0.3 is 0 Å². The van der Waals surface area contributed by atoms with Crippen LogP contribution in [0.25, 0.3) is 0 Å². The van der Waals surface area contributed by atoms with Gasteiger partial charge in [0.25, 0.3) is 15.9 Å². The molecule has 5 nitrogen and oxygen atoms in total. The highest BCUT2D eigenvalue weighted by Crippen LogP contribution is 2.35. The summed E-state index contributed by atoms with van der Waals surface area (Å²) in [7, 11) is -1.84. The van der Waals surface area contributed by atoms with Crippen molar-refractivity contribution in [2.75, 3.05) is 11.8 Å². The second-order valence-corrected chi connectivity index (χ2v) is 9.11. The first-order valence-electron chi connectivity index (χ1n) is 9.16. The Morgan fingerprint density at radius 1 is 1.07 bits per heavy atom. The SMILES string of the molecule is Cc1ccc(S(=O)(=O)Nc2ccc(C(=O)N(C)C(C)C3CC3)cc2)cc1C. The largest absolute Gasteiger partial charge is 0.339 e. The van der Waals surface area contributed by atoms with Crippen LogP contribution in [0.1, 0.15) is 41.3 Å². The maximum Gasteiger partial charge on any atom is 0.261 e.